The fraction of sp³-hybridized carbons (Fsp3) is 1.00. The molecule has 1 rings (SSSR count). The molecule has 0 amide bonds. The van der Waals surface area contributed by atoms with Gasteiger partial charge in [0.15, 0.2) is 0 Å². The summed E-state index contributed by atoms with van der Waals surface area (Å²) in [7, 11) is 2.08. The monoisotopic (exact) mass is 141 g/mol. The van der Waals surface area contributed by atoms with E-state index >= 15 is 0 Å². The Morgan fingerprint density at radius 2 is 1.90 bits per heavy atom. The van der Waals surface area contributed by atoms with Gasteiger partial charge in [0.2, 0.25) is 0 Å². The number of rotatable bonds is 1. The lowest BCUT2D eigenvalue weighted by Crippen LogP contribution is -2.38. The SMILES string of the molecule is CN[C@H]1CCC[C@H](C)[C@H]1C. The highest BCUT2D eigenvalue weighted by molar-refractivity contribution is 4.80. The molecule has 0 aromatic rings. The molecule has 1 aliphatic carbocycles. The maximum absolute atomic E-state index is 3.38. The van der Waals surface area contributed by atoms with Gasteiger partial charge in [-0.05, 0) is 25.3 Å². The molecule has 0 aliphatic heterocycles. The number of nitrogens with one attached hydrogen (secondary N) is 1. The maximum Gasteiger partial charge on any atom is 0.00922 e. The van der Waals surface area contributed by atoms with Crippen molar-refractivity contribution in [1.29, 1.82) is 0 Å². The smallest absolute Gasteiger partial charge is 0.00922 e. The van der Waals surface area contributed by atoms with E-state index in [4.69, 9.17) is 0 Å². The van der Waals surface area contributed by atoms with Crippen LogP contribution < -0.4 is 5.32 Å². The van der Waals surface area contributed by atoms with E-state index in [1.165, 1.54) is 19.3 Å². The average molecular weight is 141 g/mol. The number of hydrogen-bond acceptors (Lipinski definition) is 1. The zero-order valence-electron chi connectivity index (χ0n) is 7.35. The molecule has 0 unspecified atom stereocenters. The highest BCUT2D eigenvalue weighted by Crippen LogP contribution is 2.28. The van der Waals surface area contributed by atoms with E-state index in [1.807, 2.05) is 0 Å². The molecule has 0 aromatic heterocycles. The Balaban J connectivity index is 2.42. The zero-order chi connectivity index (χ0) is 7.56. The highest BCUT2D eigenvalue weighted by atomic mass is 14.9. The molecular weight excluding hydrogens is 122 g/mol. The molecule has 0 aromatic carbocycles. The van der Waals surface area contributed by atoms with E-state index in [0.29, 0.717) is 0 Å². The van der Waals surface area contributed by atoms with Crippen LogP contribution in [0.1, 0.15) is 33.1 Å². The Morgan fingerprint density at radius 1 is 1.20 bits per heavy atom. The summed E-state index contributed by atoms with van der Waals surface area (Å²) in [5.41, 5.74) is 0. The van der Waals surface area contributed by atoms with Gasteiger partial charge in [-0.2, -0.15) is 0 Å². The summed E-state index contributed by atoms with van der Waals surface area (Å²) in [5.74, 6) is 1.80. The normalized spacial score (nSPS) is 41.7. The quantitative estimate of drug-likeness (QED) is 0.589. The first-order chi connectivity index (χ1) is 4.75. The van der Waals surface area contributed by atoms with Crippen LogP contribution in [0.15, 0.2) is 0 Å². The molecule has 1 nitrogen and oxygen atoms in total. The van der Waals surface area contributed by atoms with Crippen molar-refractivity contribution in [2.45, 2.75) is 39.2 Å². The van der Waals surface area contributed by atoms with Gasteiger partial charge >= 0.3 is 0 Å². The first-order valence-electron chi connectivity index (χ1n) is 4.43. The molecule has 1 aliphatic rings. The molecule has 1 fully saturated rings. The van der Waals surface area contributed by atoms with E-state index < -0.39 is 0 Å². The zero-order valence-corrected chi connectivity index (χ0v) is 7.35. The lowest BCUT2D eigenvalue weighted by atomic mass is 9.78. The van der Waals surface area contributed by atoms with Gasteiger partial charge in [0.05, 0.1) is 0 Å². The van der Waals surface area contributed by atoms with Crippen LogP contribution >= 0.6 is 0 Å². The summed E-state index contributed by atoms with van der Waals surface area (Å²) < 4.78 is 0. The number of hydrogen-bond donors (Lipinski definition) is 1. The molecular formula is C9H19N. The summed E-state index contributed by atoms with van der Waals surface area (Å²) in [6.45, 7) is 4.74. The van der Waals surface area contributed by atoms with E-state index in [2.05, 4.69) is 26.2 Å². The van der Waals surface area contributed by atoms with Crippen LogP contribution in [-0.2, 0) is 0 Å². The molecule has 1 heteroatoms. The lowest BCUT2D eigenvalue weighted by molar-refractivity contribution is 0.215. The predicted molar refractivity (Wildman–Crippen MR) is 45.0 cm³/mol. The summed E-state index contributed by atoms with van der Waals surface area (Å²) >= 11 is 0. The molecule has 3 atom stereocenters. The van der Waals surface area contributed by atoms with Crippen LogP contribution in [0.5, 0.6) is 0 Å². The first-order valence-corrected chi connectivity index (χ1v) is 4.43. The van der Waals surface area contributed by atoms with E-state index in [9.17, 15) is 0 Å². The second-order valence-electron chi connectivity index (χ2n) is 3.66. The largest absolute Gasteiger partial charge is 0.317 e. The average Bonchev–Trinajstić information content (AvgIpc) is 1.95. The van der Waals surface area contributed by atoms with Crippen molar-refractivity contribution < 1.29 is 0 Å². The second kappa shape index (κ2) is 3.38. The molecule has 0 heterocycles. The Kier molecular flexibility index (Phi) is 2.72. The molecule has 1 saturated carbocycles. The molecule has 10 heavy (non-hydrogen) atoms. The minimum absolute atomic E-state index is 0.781. The summed E-state index contributed by atoms with van der Waals surface area (Å²) in [6, 6.07) is 0.781. The first kappa shape index (κ1) is 8.06. The molecule has 1 N–H and O–H groups in total. The fourth-order valence-electron chi connectivity index (χ4n) is 1.99. The predicted octanol–water partition coefficient (Wildman–Crippen LogP) is 2.03. The van der Waals surface area contributed by atoms with Gasteiger partial charge in [-0.15, -0.1) is 0 Å². The van der Waals surface area contributed by atoms with Crippen LogP contribution in [0, 0.1) is 11.8 Å². The minimum atomic E-state index is 0.781. The third-order valence-corrected chi connectivity index (χ3v) is 3.08. The van der Waals surface area contributed by atoms with Crippen molar-refractivity contribution in [2.75, 3.05) is 7.05 Å². The molecule has 0 saturated heterocycles. The van der Waals surface area contributed by atoms with E-state index in [0.717, 1.165) is 17.9 Å². The standard InChI is InChI=1S/C9H19N/c1-7-5-4-6-9(10-3)8(7)2/h7-10H,4-6H2,1-3H3/t7-,8+,9-/m0/s1. The van der Waals surface area contributed by atoms with Crippen LogP contribution in [0.2, 0.25) is 0 Å². The Labute approximate surface area is 64.2 Å². The molecule has 0 radical (unpaired) electrons. The molecule has 0 bridgehead atoms. The molecule has 60 valence electrons. The lowest BCUT2D eigenvalue weighted by Gasteiger charge is -2.33. The summed E-state index contributed by atoms with van der Waals surface area (Å²) in [4.78, 5) is 0. The van der Waals surface area contributed by atoms with Crippen molar-refractivity contribution in [2.24, 2.45) is 11.8 Å². The van der Waals surface area contributed by atoms with Gasteiger partial charge in [0.25, 0.3) is 0 Å². The minimum Gasteiger partial charge on any atom is -0.317 e. The van der Waals surface area contributed by atoms with Crippen molar-refractivity contribution in [3.8, 4) is 0 Å². The van der Waals surface area contributed by atoms with Crippen molar-refractivity contribution >= 4 is 0 Å². The van der Waals surface area contributed by atoms with Crippen LogP contribution in [0.3, 0.4) is 0 Å². The van der Waals surface area contributed by atoms with Crippen molar-refractivity contribution in [3.05, 3.63) is 0 Å². The third-order valence-electron chi connectivity index (χ3n) is 3.08. The third kappa shape index (κ3) is 1.51. The van der Waals surface area contributed by atoms with E-state index in [1.54, 1.807) is 0 Å². The van der Waals surface area contributed by atoms with Gasteiger partial charge in [-0.3, -0.25) is 0 Å². The molecule has 0 spiro atoms. The maximum atomic E-state index is 3.38. The Hall–Kier alpha value is -0.0400. The van der Waals surface area contributed by atoms with E-state index in [-0.39, 0.29) is 0 Å². The summed E-state index contributed by atoms with van der Waals surface area (Å²) in [5, 5.41) is 3.38. The van der Waals surface area contributed by atoms with Gasteiger partial charge in [-0.1, -0.05) is 26.7 Å². The fourth-order valence-corrected chi connectivity index (χ4v) is 1.99. The highest BCUT2D eigenvalue weighted by Gasteiger charge is 2.25. The van der Waals surface area contributed by atoms with Gasteiger partial charge in [-0.25, -0.2) is 0 Å². The summed E-state index contributed by atoms with van der Waals surface area (Å²) in [6.07, 6.45) is 4.22. The topological polar surface area (TPSA) is 12.0 Å². The van der Waals surface area contributed by atoms with Gasteiger partial charge < -0.3 is 5.32 Å². The van der Waals surface area contributed by atoms with Crippen molar-refractivity contribution in [1.82, 2.24) is 5.32 Å². The Bertz CT molecular complexity index is 101. The van der Waals surface area contributed by atoms with Gasteiger partial charge in [0, 0.05) is 6.04 Å². The van der Waals surface area contributed by atoms with Crippen LogP contribution in [0.25, 0.3) is 0 Å². The van der Waals surface area contributed by atoms with Crippen LogP contribution in [-0.4, -0.2) is 13.1 Å². The second-order valence-corrected chi connectivity index (χ2v) is 3.66. The Morgan fingerprint density at radius 3 is 2.40 bits per heavy atom. The van der Waals surface area contributed by atoms with Gasteiger partial charge in [0.1, 0.15) is 0 Å². The van der Waals surface area contributed by atoms with Crippen molar-refractivity contribution in [3.63, 3.8) is 0 Å². The van der Waals surface area contributed by atoms with Crippen LogP contribution in [0.4, 0.5) is 0 Å².